The smallest absolute Gasteiger partial charge is 0.326 e. The van der Waals surface area contributed by atoms with E-state index in [1.807, 2.05) is 6.07 Å². The molecular formula is C66H93N19O14S. The second-order valence-electron chi connectivity index (χ2n) is 25.7. The van der Waals surface area contributed by atoms with E-state index in [0.717, 1.165) is 23.3 Å². The molecule has 10 amide bonds. The van der Waals surface area contributed by atoms with E-state index in [2.05, 4.69) is 46.9 Å². The van der Waals surface area contributed by atoms with Gasteiger partial charge in [0.25, 0.3) is 5.91 Å². The maximum Gasteiger partial charge on any atom is 0.326 e. The number of guanidine groups is 3. The van der Waals surface area contributed by atoms with Gasteiger partial charge in [-0.3, -0.25) is 62.9 Å². The highest BCUT2D eigenvalue weighted by Gasteiger charge is 2.52. The lowest BCUT2D eigenvalue weighted by atomic mass is 9.84. The summed E-state index contributed by atoms with van der Waals surface area (Å²) in [4.78, 5) is 175. The van der Waals surface area contributed by atoms with Crippen molar-refractivity contribution >= 4 is 94.3 Å². The molecule has 0 radical (unpaired) electrons. The van der Waals surface area contributed by atoms with Crippen LogP contribution in [0.4, 0.5) is 0 Å². The number of carboxylic acid groups (broad SMARTS) is 1. The molecule has 5 heterocycles. The minimum absolute atomic E-state index is 0.00207. The van der Waals surface area contributed by atoms with E-state index >= 15 is 9.59 Å². The minimum atomic E-state index is -1.68. The van der Waals surface area contributed by atoms with Gasteiger partial charge >= 0.3 is 5.97 Å². The predicted molar refractivity (Wildman–Crippen MR) is 367 cm³/mol. The van der Waals surface area contributed by atoms with Gasteiger partial charge < -0.3 is 101 Å². The molecule has 34 heteroatoms. The SMILES string of the molecule is NC(N)=NCCC[C@H](NC(=O)[C@@H]1C[C@@H]2CCCC[C@@H]2N1C(=O)[C@H]1Cc2ccccc2CN1C(=O)[C@H](CO)NC(=O)[C@H](Cc1cccs1)NC(=O)CNC(=O)[C@@H]1C[C@@H](O)CN1C(=O)[C@@H]1CCCN1C(=O)[C@H](CCCN=C(N)N)NC(=O)[C@@H](CCCN=C(N)N)NC(=O)c1ccccc1)C(=O)O. The summed E-state index contributed by atoms with van der Waals surface area (Å²) in [7, 11) is 0. The highest BCUT2D eigenvalue weighted by atomic mass is 32.1. The van der Waals surface area contributed by atoms with E-state index in [1.165, 1.54) is 26.0 Å². The molecule has 4 aliphatic heterocycles. The molecule has 21 N–H and O–H groups in total. The number of hydrogen-bond donors (Lipinski definition) is 15. The first kappa shape index (κ1) is 75.8. The van der Waals surface area contributed by atoms with E-state index in [0.29, 0.717) is 29.7 Å². The first-order chi connectivity index (χ1) is 47.9. The van der Waals surface area contributed by atoms with Gasteiger partial charge in [-0.25, -0.2) is 4.79 Å². The molecule has 100 heavy (non-hydrogen) atoms. The summed E-state index contributed by atoms with van der Waals surface area (Å²) in [5.74, 6) is -9.25. The van der Waals surface area contributed by atoms with Crippen molar-refractivity contribution in [3.63, 3.8) is 0 Å². The third kappa shape index (κ3) is 20.4. The summed E-state index contributed by atoms with van der Waals surface area (Å²) in [6, 6.07) is 6.64. The van der Waals surface area contributed by atoms with Gasteiger partial charge in [-0.1, -0.05) is 61.4 Å². The maximum atomic E-state index is 15.4. The Bertz CT molecular complexity index is 3500. The number of nitrogens with two attached hydrogens (primary N) is 6. The number of rotatable bonds is 32. The van der Waals surface area contributed by atoms with Crippen LogP contribution in [0.25, 0.3) is 0 Å². The number of likely N-dealkylation sites (tertiary alicyclic amines) is 3. The highest BCUT2D eigenvalue weighted by Crippen LogP contribution is 2.41. The molecule has 4 fully saturated rings. The molecule has 12 atom stereocenters. The van der Waals surface area contributed by atoms with Crippen LogP contribution in [0.5, 0.6) is 0 Å². The molecule has 5 aliphatic rings. The lowest BCUT2D eigenvalue weighted by Gasteiger charge is -2.42. The zero-order valence-electron chi connectivity index (χ0n) is 55.7. The van der Waals surface area contributed by atoms with E-state index < -0.39 is 145 Å². The molecule has 1 saturated carbocycles. The second kappa shape index (κ2) is 36.2. The van der Waals surface area contributed by atoms with Crippen LogP contribution in [-0.2, 0) is 67.3 Å². The van der Waals surface area contributed by atoms with Crippen molar-refractivity contribution in [3.8, 4) is 0 Å². The number of fused-ring (bicyclic) bond motifs is 2. The van der Waals surface area contributed by atoms with Crippen molar-refractivity contribution in [2.45, 2.75) is 176 Å². The minimum Gasteiger partial charge on any atom is -0.480 e. The lowest BCUT2D eigenvalue weighted by Crippen LogP contribution is -2.63. The van der Waals surface area contributed by atoms with Crippen molar-refractivity contribution in [1.29, 1.82) is 0 Å². The molecule has 8 rings (SSSR count). The van der Waals surface area contributed by atoms with Crippen LogP contribution >= 0.6 is 11.3 Å². The van der Waals surface area contributed by atoms with Crippen LogP contribution in [0.3, 0.4) is 0 Å². The van der Waals surface area contributed by atoms with Crippen molar-refractivity contribution in [2.24, 2.45) is 55.3 Å². The van der Waals surface area contributed by atoms with Gasteiger partial charge in [0.1, 0.15) is 54.4 Å². The number of aliphatic carboxylic acids is 1. The summed E-state index contributed by atoms with van der Waals surface area (Å²) in [6.45, 7) is -1.74. The van der Waals surface area contributed by atoms with E-state index in [9.17, 15) is 58.5 Å². The molecule has 3 saturated heterocycles. The number of carbonyl (C=O) groups excluding carboxylic acids is 10. The summed E-state index contributed by atoms with van der Waals surface area (Å²) in [6.07, 6.45) is 2.81. The van der Waals surface area contributed by atoms with E-state index in [-0.39, 0.29) is 139 Å². The average molecular weight is 1410 g/mol. The van der Waals surface area contributed by atoms with Gasteiger partial charge in [-0.15, -0.1) is 11.3 Å². The van der Waals surface area contributed by atoms with Crippen molar-refractivity contribution < 1.29 is 68.1 Å². The third-order valence-corrected chi connectivity index (χ3v) is 19.6. The molecule has 0 bridgehead atoms. The Morgan fingerprint density at radius 3 is 1.82 bits per heavy atom. The van der Waals surface area contributed by atoms with Crippen LogP contribution in [-0.4, -0.2) is 230 Å². The Hall–Kier alpha value is -9.96. The molecule has 0 unspecified atom stereocenters. The Morgan fingerprint density at radius 1 is 0.570 bits per heavy atom. The lowest BCUT2D eigenvalue weighted by molar-refractivity contribution is -0.153. The molecule has 2 aromatic carbocycles. The number of aliphatic hydroxyl groups excluding tert-OH is 2. The normalized spacial score (nSPS) is 21.4. The Labute approximate surface area is 582 Å². The number of hydrogen-bond acceptors (Lipinski definition) is 17. The van der Waals surface area contributed by atoms with Crippen molar-refractivity contribution in [2.75, 3.05) is 45.9 Å². The number of aliphatic hydroxyl groups is 2. The van der Waals surface area contributed by atoms with Crippen LogP contribution < -0.4 is 66.3 Å². The first-order valence-electron chi connectivity index (χ1n) is 33.8. The standard InChI is InChI=1S/C66H93N19O14S/c67-64(68)73-24-8-19-43(78-54(89)37-13-2-1-3-14-37)55(90)79-44(20-9-25-74-65(69)70)59(94)82-27-11-23-49(82)61(96)84-35-41(87)31-50(84)57(92)76-33-53(88)77-46(32-42-18-12-28-100-42)56(91)81-47(36-86)60(95)83-34-40-17-5-4-15-38(40)29-52(83)62(97)85-48-22-7-6-16-39(48)30-51(85)58(93)80-45(63(98)99)21-10-26-75-66(71)72/h1-5,12-15,17-18,28,39,41,43-52,86-87H,6-11,16,19-27,29-36H2,(H,76,92)(H,77,88)(H,78,89)(H,79,90)(H,80,93)(H,81,91)(H,98,99)(H4,67,68,73)(H4,69,70,74)(H4,71,72,75)/t39-,41+,43+,44-,45-,46-,47-,48-,49-,50-,51-,52+/m0/s1. The summed E-state index contributed by atoms with van der Waals surface area (Å²) in [5, 5.41) is 49.8. The number of nitrogens with zero attached hydrogens (tertiary/aromatic N) is 7. The molecule has 0 spiro atoms. The number of carbonyl (C=O) groups is 11. The number of nitrogens with one attached hydrogen (secondary N) is 6. The van der Waals surface area contributed by atoms with Crippen molar-refractivity contribution in [1.82, 2.24) is 51.5 Å². The fraction of sp³-hybridized carbons (Fsp3) is 0.545. The van der Waals surface area contributed by atoms with Gasteiger partial charge in [0.15, 0.2) is 17.9 Å². The third-order valence-electron chi connectivity index (χ3n) is 18.7. The Morgan fingerprint density at radius 2 is 1.18 bits per heavy atom. The Balaban J connectivity index is 0.936. The fourth-order valence-corrected chi connectivity index (χ4v) is 14.6. The highest BCUT2D eigenvalue weighted by molar-refractivity contribution is 7.09. The monoisotopic (exact) mass is 1410 g/mol. The number of carboxylic acids is 1. The van der Waals surface area contributed by atoms with Gasteiger partial charge in [0, 0.05) is 75.0 Å². The van der Waals surface area contributed by atoms with Crippen LogP contribution in [0.1, 0.15) is 116 Å². The predicted octanol–water partition coefficient (Wildman–Crippen LogP) is -3.55. The van der Waals surface area contributed by atoms with E-state index in [1.54, 1.807) is 66.0 Å². The average Bonchev–Trinajstić information content (AvgIpc) is 1.24. The number of amides is 10. The summed E-state index contributed by atoms with van der Waals surface area (Å²) < 4.78 is 0. The van der Waals surface area contributed by atoms with E-state index in [4.69, 9.17) is 34.4 Å². The number of β-amino-alcohol motifs (C(OH)–C–C–N with tert-alkyl or cyclic N) is 1. The summed E-state index contributed by atoms with van der Waals surface area (Å²) >= 11 is 1.26. The number of aliphatic imine (C=N–C) groups is 3. The van der Waals surface area contributed by atoms with Crippen LogP contribution in [0.15, 0.2) is 87.1 Å². The first-order valence-corrected chi connectivity index (χ1v) is 34.6. The largest absolute Gasteiger partial charge is 0.480 e. The quantitative estimate of drug-likeness (QED) is 0.0163. The molecule has 1 aromatic heterocycles. The zero-order valence-corrected chi connectivity index (χ0v) is 56.5. The molecular weight excluding hydrogens is 1310 g/mol. The van der Waals surface area contributed by atoms with Crippen LogP contribution in [0, 0.1) is 5.92 Å². The second-order valence-corrected chi connectivity index (χ2v) is 26.7. The maximum absolute atomic E-state index is 15.4. The fourth-order valence-electron chi connectivity index (χ4n) is 13.8. The molecule has 542 valence electrons. The molecule has 3 aromatic rings. The zero-order chi connectivity index (χ0) is 72.2. The Kier molecular flexibility index (Phi) is 27.5. The topological polar surface area (TPSA) is 527 Å². The van der Waals surface area contributed by atoms with Gasteiger partial charge in [0.2, 0.25) is 53.2 Å². The number of benzene rings is 2. The molecule has 1 aliphatic carbocycles. The van der Waals surface area contributed by atoms with Gasteiger partial charge in [-0.05, 0) is 111 Å². The number of thiophene rings is 1. The molecule has 33 nitrogen and oxygen atoms in total. The van der Waals surface area contributed by atoms with Crippen LogP contribution in [0.2, 0.25) is 0 Å². The summed E-state index contributed by atoms with van der Waals surface area (Å²) in [5.41, 5.74) is 34.8. The van der Waals surface area contributed by atoms with Gasteiger partial charge in [0.05, 0.1) is 19.3 Å². The van der Waals surface area contributed by atoms with Crippen molar-refractivity contribution in [3.05, 3.63) is 93.7 Å². The van der Waals surface area contributed by atoms with Gasteiger partial charge in [-0.2, -0.15) is 0 Å².